The first-order valence-electron chi connectivity index (χ1n) is 16.5. The minimum Gasteiger partial charge on any atom is -0.253 e. The summed E-state index contributed by atoms with van der Waals surface area (Å²) in [6.07, 6.45) is 3.58. The zero-order valence-corrected chi connectivity index (χ0v) is 27.4. The molecule has 4 aromatic heterocycles. The van der Waals surface area contributed by atoms with Crippen LogP contribution >= 0.6 is 0 Å². The van der Waals surface area contributed by atoms with Gasteiger partial charge in [-0.2, -0.15) is 15.8 Å². The Labute approximate surface area is 298 Å². The van der Waals surface area contributed by atoms with Crippen LogP contribution in [0.4, 0.5) is 0 Å². The molecule has 0 saturated heterocycles. The molecule has 0 spiro atoms. The van der Waals surface area contributed by atoms with Crippen molar-refractivity contribution in [2.45, 2.75) is 0 Å². The molecule has 52 heavy (non-hydrogen) atoms. The lowest BCUT2D eigenvalue weighted by Gasteiger charge is -2.12. The van der Waals surface area contributed by atoms with Crippen LogP contribution in [0.3, 0.4) is 0 Å². The van der Waals surface area contributed by atoms with E-state index in [0.717, 1.165) is 66.1 Å². The third kappa shape index (κ3) is 5.13. The Morgan fingerprint density at radius 2 is 0.846 bits per heavy atom. The second kappa shape index (κ2) is 12.3. The molecule has 0 aliphatic carbocycles. The van der Waals surface area contributed by atoms with E-state index in [1.54, 1.807) is 12.4 Å². The van der Waals surface area contributed by atoms with Gasteiger partial charge in [0, 0.05) is 45.1 Å². The molecule has 0 radical (unpaired) electrons. The number of nitriles is 3. The highest BCUT2D eigenvalue weighted by molar-refractivity contribution is 6.10. The van der Waals surface area contributed by atoms with Crippen LogP contribution in [0.15, 0.2) is 140 Å². The summed E-state index contributed by atoms with van der Waals surface area (Å²) in [5.41, 5.74) is 11.1. The number of fused-ring (bicyclic) bond motifs is 6. The number of nitrogens with zero attached hydrogens (tertiary/aromatic N) is 7. The molecule has 5 aromatic carbocycles. The lowest BCUT2D eigenvalue weighted by Crippen LogP contribution is -1.94. The van der Waals surface area contributed by atoms with Crippen LogP contribution in [0.5, 0.6) is 0 Å². The molecule has 238 valence electrons. The van der Waals surface area contributed by atoms with Gasteiger partial charge in [0.1, 0.15) is 23.5 Å². The molecule has 0 saturated carbocycles. The molecule has 9 rings (SSSR count). The second-order valence-electron chi connectivity index (χ2n) is 12.5. The highest BCUT2D eigenvalue weighted by Crippen LogP contribution is 2.37. The molecule has 0 fully saturated rings. The normalized spacial score (nSPS) is 11.0. The Morgan fingerprint density at radius 3 is 1.27 bits per heavy atom. The number of pyridine rings is 4. The molecular formula is C45H23N7. The Balaban J connectivity index is 1.15. The maximum Gasteiger partial charge on any atom is 0.141 e. The van der Waals surface area contributed by atoms with E-state index in [1.165, 1.54) is 0 Å². The highest BCUT2D eigenvalue weighted by Gasteiger charge is 2.16. The van der Waals surface area contributed by atoms with Gasteiger partial charge in [-0.05, 0) is 75.8 Å². The summed E-state index contributed by atoms with van der Waals surface area (Å²) in [4.78, 5) is 19.1. The molecule has 0 bridgehead atoms. The summed E-state index contributed by atoms with van der Waals surface area (Å²) in [5, 5.41) is 33.2. The number of benzene rings is 5. The summed E-state index contributed by atoms with van der Waals surface area (Å²) >= 11 is 0. The molecule has 9 aromatic rings. The van der Waals surface area contributed by atoms with Crippen LogP contribution < -0.4 is 0 Å². The molecule has 7 nitrogen and oxygen atoms in total. The van der Waals surface area contributed by atoms with E-state index in [2.05, 4.69) is 28.2 Å². The van der Waals surface area contributed by atoms with Crippen LogP contribution in [-0.4, -0.2) is 19.9 Å². The largest absolute Gasteiger partial charge is 0.253 e. The third-order valence-corrected chi connectivity index (χ3v) is 9.39. The monoisotopic (exact) mass is 661 g/mol. The lowest BCUT2D eigenvalue weighted by atomic mass is 9.95. The number of rotatable bonds is 4. The Hall–Kier alpha value is -7.79. The summed E-state index contributed by atoms with van der Waals surface area (Å²) in [5.74, 6) is 0. The quantitative estimate of drug-likeness (QED) is 0.172. The predicted octanol–water partition coefficient (Wildman–Crippen LogP) is 10.2. The van der Waals surface area contributed by atoms with E-state index in [0.29, 0.717) is 39.0 Å². The van der Waals surface area contributed by atoms with Crippen LogP contribution in [0, 0.1) is 34.0 Å². The fraction of sp³-hybridized carbons (Fsp3) is 0. The molecule has 4 heterocycles. The zero-order chi connectivity index (χ0) is 35.2. The van der Waals surface area contributed by atoms with Crippen molar-refractivity contribution in [2.75, 3.05) is 0 Å². The molecule has 0 amide bonds. The van der Waals surface area contributed by atoms with Crippen molar-refractivity contribution in [2.24, 2.45) is 0 Å². The van der Waals surface area contributed by atoms with Gasteiger partial charge in [0.25, 0.3) is 0 Å². The van der Waals surface area contributed by atoms with Gasteiger partial charge in [-0.25, -0.2) is 9.97 Å². The van der Waals surface area contributed by atoms with Crippen LogP contribution in [0.2, 0.25) is 0 Å². The fourth-order valence-corrected chi connectivity index (χ4v) is 6.94. The Morgan fingerprint density at radius 1 is 0.385 bits per heavy atom. The van der Waals surface area contributed by atoms with Crippen molar-refractivity contribution in [1.29, 1.82) is 15.8 Å². The average molecular weight is 662 g/mol. The van der Waals surface area contributed by atoms with E-state index < -0.39 is 0 Å². The maximum atomic E-state index is 10.0. The number of aromatic nitrogens is 4. The van der Waals surface area contributed by atoms with Crippen molar-refractivity contribution in [1.82, 2.24) is 19.9 Å². The molecule has 7 heteroatoms. The van der Waals surface area contributed by atoms with E-state index in [4.69, 9.17) is 9.97 Å². The summed E-state index contributed by atoms with van der Waals surface area (Å²) < 4.78 is 0. The van der Waals surface area contributed by atoms with Crippen molar-refractivity contribution in [3.8, 4) is 62.7 Å². The van der Waals surface area contributed by atoms with Gasteiger partial charge in [0.2, 0.25) is 0 Å². The van der Waals surface area contributed by atoms with Gasteiger partial charge in [0.15, 0.2) is 0 Å². The van der Waals surface area contributed by atoms with E-state index >= 15 is 0 Å². The molecule has 0 N–H and O–H groups in total. The minimum absolute atomic E-state index is 0.325. The van der Waals surface area contributed by atoms with Crippen molar-refractivity contribution in [3.63, 3.8) is 0 Å². The zero-order valence-electron chi connectivity index (χ0n) is 27.4. The first-order chi connectivity index (χ1) is 25.6. The first kappa shape index (κ1) is 30.3. The van der Waals surface area contributed by atoms with Crippen molar-refractivity contribution >= 4 is 43.6 Å². The molecule has 0 unspecified atom stereocenters. The SMILES string of the molecule is N#Cc1cc(-c2cnc3c(ccc4c(-c5ccccc5)cc(C#N)nc43)c2)cc(-c2cnc3c(ccc4c(-c5ccccc5)cc(C#N)nc43)c2)c1. The number of hydrogen-bond donors (Lipinski definition) is 0. The van der Waals surface area contributed by atoms with Gasteiger partial charge in [-0.1, -0.05) is 84.9 Å². The van der Waals surface area contributed by atoms with Gasteiger partial charge in [0.05, 0.1) is 33.7 Å². The van der Waals surface area contributed by atoms with Crippen LogP contribution in [-0.2, 0) is 0 Å². The molecular weight excluding hydrogens is 639 g/mol. The molecule has 0 atom stereocenters. The van der Waals surface area contributed by atoms with Crippen molar-refractivity contribution in [3.05, 3.63) is 157 Å². The minimum atomic E-state index is 0.325. The standard InChI is InChI=1S/C45H23N7/c46-22-27-15-32(34-17-30-11-13-38-40(28-7-3-1-4-8-28)20-36(23-47)51-44(38)42(30)49-25-34)19-33(16-27)35-18-31-12-14-39-41(29-9-5-2-6-10-29)21-37(24-48)52-45(39)43(31)50-26-35/h1-21,25-26H. The van der Waals surface area contributed by atoms with Crippen molar-refractivity contribution < 1.29 is 0 Å². The summed E-state index contributed by atoms with van der Waals surface area (Å²) in [6.45, 7) is 0. The molecule has 0 aliphatic rings. The third-order valence-electron chi connectivity index (χ3n) is 9.39. The predicted molar refractivity (Wildman–Crippen MR) is 204 cm³/mol. The van der Waals surface area contributed by atoms with Crippen LogP contribution in [0.1, 0.15) is 17.0 Å². The van der Waals surface area contributed by atoms with E-state index in [1.807, 2.05) is 127 Å². The second-order valence-corrected chi connectivity index (χ2v) is 12.5. The van der Waals surface area contributed by atoms with Crippen LogP contribution in [0.25, 0.3) is 88.1 Å². The summed E-state index contributed by atoms with van der Waals surface area (Å²) in [7, 11) is 0. The van der Waals surface area contributed by atoms with Gasteiger partial charge in [-0.3, -0.25) is 9.97 Å². The van der Waals surface area contributed by atoms with Gasteiger partial charge in [-0.15, -0.1) is 0 Å². The highest BCUT2D eigenvalue weighted by atomic mass is 14.8. The number of hydrogen-bond acceptors (Lipinski definition) is 7. The topological polar surface area (TPSA) is 123 Å². The van der Waals surface area contributed by atoms with Gasteiger partial charge >= 0.3 is 0 Å². The maximum absolute atomic E-state index is 10.0. The van der Waals surface area contributed by atoms with Gasteiger partial charge < -0.3 is 0 Å². The summed E-state index contributed by atoms with van der Waals surface area (Å²) in [6, 6.07) is 48.2. The van der Waals surface area contributed by atoms with E-state index in [9.17, 15) is 15.8 Å². The smallest absolute Gasteiger partial charge is 0.141 e. The van der Waals surface area contributed by atoms with E-state index in [-0.39, 0.29) is 0 Å². The fourth-order valence-electron chi connectivity index (χ4n) is 6.94. The Kier molecular flexibility index (Phi) is 7.15. The first-order valence-corrected chi connectivity index (χ1v) is 16.5. The Bertz CT molecular complexity index is 2840. The average Bonchev–Trinajstić information content (AvgIpc) is 3.22. The lowest BCUT2D eigenvalue weighted by molar-refractivity contribution is 1.31. The molecule has 0 aliphatic heterocycles.